The highest BCUT2D eigenvalue weighted by molar-refractivity contribution is 6.09. The van der Waals surface area contributed by atoms with Crippen LogP contribution in [0.3, 0.4) is 0 Å². The van der Waals surface area contributed by atoms with E-state index in [0.29, 0.717) is 0 Å². The topological polar surface area (TPSA) is 163 Å². The molecule has 0 spiro atoms. The molecule has 1 aromatic carbocycles. The van der Waals surface area contributed by atoms with Gasteiger partial charge in [0.1, 0.15) is 28.8 Å². The zero-order valence-electron chi connectivity index (χ0n) is 14.4. The predicted octanol–water partition coefficient (Wildman–Crippen LogP) is -0.849. The van der Waals surface area contributed by atoms with Gasteiger partial charge in [-0.1, -0.05) is 0 Å². The van der Waals surface area contributed by atoms with Gasteiger partial charge in [-0.2, -0.15) is 0 Å². The van der Waals surface area contributed by atoms with Crippen LogP contribution in [0, 0.1) is 0 Å². The molecule has 3 aliphatic rings. The Bertz CT molecular complexity index is 864. The summed E-state index contributed by atoms with van der Waals surface area (Å²) in [5.41, 5.74) is -8.04. The first-order valence-electron chi connectivity index (χ1n) is 8.15. The van der Waals surface area contributed by atoms with Gasteiger partial charge in [-0.05, 0) is 13.0 Å². The minimum absolute atomic E-state index is 0.100. The van der Waals surface area contributed by atoms with Gasteiger partial charge in [-0.15, -0.1) is 0 Å². The van der Waals surface area contributed by atoms with Crippen molar-refractivity contribution in [2.24, 2.45) is 0 Å². The van der Waals surface area contributed by atoms with Crippen molar-refractivity contribution in [2.45, 2.75) is 48.5 Å². The Hall–Kier alpha value is -2.40. The number of Topliss-reactive ketones (excluding diaryl/α,β-unsaturated/α-hetero) is 1. The fourth-order valence-corrected chi connectivity index (χ4v) is 4.42. The van der Waals surface area contributed by atoms with Crippen LogP contribution in [0.2, 0.25) is 0 Å². The highest BCUT2D eigenvalue weighted by atomic mass is 16.8. The summed E-state index contributed by atoms with van der Waals surface area (Å²) in [4.78, 5) is 24.8. The number of methoxy groups -OCH3 is 1. The first kappa shape index (κ1) is 18.0. The van der Waals surface area contributed by atoms with E-state index in [0.717, 1.165) is 6.07 Å². The maximum Gasteiger partial charge on any atom is 0.509 e. The normalized spacial score (nSPS) is 42.5. The predicted molar refractivity (Wildman–Crippen MR) is 84.2 cm³/mol. The van der Waals surface area contributed by atoms with Crippen molar-refractivity contribution in [1.82, 2.24) is 0 Å². The molecule has 2 fully saturated rings. The molecule has 10 nitrogen and oxygen atoms in total. The first-order valence-corrected chi connectivity index (χ1v) is 8.15. The molecule has 1 heterocycles. The quantitative estimate of drug-likeness (QED) is 0.387. The Morgan fingerprint density at radius 1 is 1.15 bits per heavy atom. The van der Waals surface area contributed by atoms with Crippen LogP contribution in [-0.4, -0.2) is 73.6 Å². The summed E-state index contributed by atoms with van der Waals surface area (Å²) in [6.07, 6.45) is -7.12. The molecule has 4 rings (SSSR count). The number of hydrogen-bond acceptors (Lipinski definition) is 10. The third-order valence-corrected chi connectivity index (χ3v) is 5.71. The van der Waals surface area contributed by atoms with Crippen LogP contribution in [-0.2, 0) is 9.47 Å². The minimum Gasteiger partial charge on any atom is -0.507 e. The average Bonchev–Trinajstić information content (AvgIpc) is 3.00. The highest BCUT2D eigenvalue weighted by Crippen LogP contribution is 2.57. The van der Waals surface area contributed by atoms with E-state index >= 15 is 0 Å². The lowest BCUT2D eigenvalue weighted by Crippen LogP contribution is -2.79. The molecule has 0 amide bonds. The van der Waals surface area contributed by atoms with Gasteiger partial charge in [0.15, 0.2) is 12.2 Å². The van der Waals surface area contributed by atoms with Gasteiger partial charge >= 0.3 is 6.16 Å². The Morgan fingerprint density at radius 2 is 1.78 bits per heavy atom. The number of aliphatic hydroxyl groups excluding tert-OH is 1. The van der Waals surface area contributed by atoms with Gasteiger partial charge in [0, 0.05) is 18.1 Å². The maximum atomic E-state index is 13.2. The fourth-order valence-electron chi connectivity index (χ4n) is 4.42. The lowest BCUT2D eigenvalue weighted by Gasteiger charge is -2.57. The number of ether oxygens (including phenoxy) is 3. The van der Waals surface area contributed by atoms with Crippen LogP contribution in [0.5, 0.6) is 11.5 Å². The van der Waals surface area contributed by atoms with Crippen molar-refractivity contribution in [1.29, 1.82) is 0 Å². The second-order valence-electron chi connectivity index (χ2n) is 7.39. The molecule has 0 aromatic heterocycles. The average molecular weight is 382 g/mol. The molecule has 6 atom stereocenters. The van der Waals surface area contributed by atoms with E-state index in [9.17, 15) is 35.1 Å². The standard InChI is InChI=1S/C17H18O10/c1-15(22)5-16(23)10(19)7-3-6(25-2)4-8(18)9(7)11(20)17(16,24)13-12(15)26-14(21)27-13/h3-4,10,12-13,18-19,22-24H,5H2,1-2H3/t10-,12+,13+,15-,16+,17-/m1/s1. The van der Waals surface area contributed by atoms with Gasteiger partial charge in [0.05, 0.1) is 12.7 Å². The Kier molecular flexibility index (Phi) is 3.40. The minimum atomic E-state index is -2.86. The van der Waals surface area contributed by atoms with Crippen molar-refractivity contribution in [3.05, 3.63) is 23.3 Å². The Morgan fingerprint density at radius 3 is 2.41 bits per heavy atom. The van der Waals surface area contributed by atoms with E-state index in [2.05, 4.69) is 0 Å². The van der Waals surface area contributed by atoms with E-state index in [1.807, 2.05) is 0 Å². The number of aliphatic hydroxyl groups is 4. The Labute approximate surface area is 152 Å². The van der Waals surface area contributed by atoms with Crippen molar-refractivity contribution in [2.75, 3.05) is 7.11 Å². The number of hydrogen-bond donors (Lipinski definition) is 5. The van der Waals surface area contributed by atoms with E-state index in [1.54, 1.807) is 0 Å². The van der Waals surface area contributed by atoms with Gasteiger partial charge in [0.25, 0.3) is 0 Å². The van der Waals surface area contributed by atoms with Crippen LogP contribution >= 0.6 is 0 Å². The molecule has 1 aromatic rings. The van der Waals surface area contributed by atoms with Gasteiger partial charge in [-0.25, -0.2) is 4.79 Å². The fraction of sp³-hybridized carbons (Fsp3) is 0.529. The van der Waals surface area contributed by atoms with Crippen LogP contribution in [0.4, 0.5) is 4.79 Å². The van der Waals surface area contributed by atoms with Crippen molar-refractivity contribution >= 4 is 11.9 Å². The largest absolute Gasteiger partial charge is 0.509 e. The van der Waals surface area contributed by atoms with Gasteiger partial charge in [-0.3, -0.25) is 4.79 Å². The number of ketones is 1. The lowest BCUT2D eigenvalue weighted by molar-refractivity contribution is -0.279. The number of phenols is 1. The van der Waals surface area contributed by atoms with E-state index in [-0.39, 0.29) is 11.3 Å². The van der Waals surface area contributed by atoms with E-state index in [4.69, 9.17) is 14.2 Å². The van der Waals surface area contributed by atoms with E-state index in [1.165, 1.54) is 20.1 Å². The Balaban J connectivity index is 1.99. The maximum absolute atomic E-state index is 13.2. The second-order valence-corrected chi connectivity index (χ2v) is 7.39. The molecule has 0 bridgehead atoms. The highest BCUT2D eigenvalue weighted by Gasteiger charge is 2.77. The monoisotopic (exact) mass is 382 g/mol. The molecular formula is C17H18O10. The number of aromatic hydroxyl groups is 1. The SMILES string of the molecule is COc1cc(O)c2c(c1)[C@@H](O)[C@@]1(O)C[C@@](C)(O)[C@H]3OC(=O)O[C@@H]3[C@]1(O)C2=O. The number of benzene rings is 1. The number of rotatable bonds is 1. The smallest absolute Gasteiger partial charge is 0.507 e. The molecule has 1 aliphatic heterocycles. The van der Waals surface area contributed by atoms with Crippen LogP contribution in [0.25, 0.3) is 0 Å². The van der Waals surface area contributed by atoms with Crippen molar-refractivity contribution in [3.8, 4) is 11.5 Å². The molecule has 1 saturated carbocycles. The van der Waals surface area contributed by atoms with Crippen LogP contribution in [0.1, 0.15) is 35.4 Å². The van der Waals surface area contributed by atoms with Crippen molar-refractivity contribution < 1.29 is 49.3 Å². The van der Waals surface area contributed by atoms with E-state index < -0.39 is 64.8 Å². The molecule has 10 heteroatoms. The summed E-state index contributed by atoms with van der Waals surface area (Å²) in [5, 5.41) is 54.2. The molecule has 2 aliphatic carbocycles. The summed E-state index contributed by atoms with van der Waals surface area (Å²) in [5.74, 6) is -1.67. The van der Waals surface area contributed by atoms with Crippen molar-refractivity contribution in [3.63, 3.8) is 0 Å². The summed E-state index contributed by atoms with van der Waals surface area (Å²) in [6, 6.07) is 2.33. The lowest BCUT2D eigenvalue weighted by atomic mass is 9.55. The third-order valence-electron chi connectivity index (χ3n) is 5.71. The zero-order chi connectivity index (χ0) is 19.9. The first-order chi connectivity index (χ1) is 12.5. The number of carbonyl (C=O) groups excluding carboxylic acids is 2. The molecule has 0 unspecified atom stereocenters. The molecule has 27 heavy (non-hydrogen) atoms. The summed E-state index contributed by atoms with van der Waals surface area (Å²) in [7, 11) is 1.30. The van der Waals surface area contributed by atoms with Gasteiger partial charge < -0.3 is 39.7 Å². The number of phenolic OH excluding ortho intramolecular Hbond substituents is 1. The van der Waals surface area contributed by atoms with Crippen LogP contribution < -0.4 is 4.74 Å². The summed E-state index contributed by atoms with van der Waals surface area (Å²) >= 11 is 0. The third kappa shape index (κ3) is 1.98. The second kappa shape index (κ2) is 5.10. The molecule has 0 radical (unpaired) electrons. The number of carbonyl (C=O) groups is 2. The molecule has 146 valence electrons. The number of fused-ring (bicyclic) bond motifs is 4. The molecule has 5 N–H and O–H groups in total. The summed E-state index contributed by atoms with van der Waals surface area (Å²) < 4.78 is 14.8. The molecular weight excluding hydrogens is 364 g/mol. The summed E-state index contributed by atoms with van der Waals surface area (Å²) in [6.45, 7) is 1.22. The van der Waals surface area contributed by atoms with Gasteiger partial charge in [0.2, 0.25) is 11.4 Å². The molecule has 1 saturated heterocycles. The zero-order valence-corrected chi connectivity index (χ0v) is 14.4. The van der Waals surface area contributed by atoms with Crippen LogP contribution in [0.15, 0.2) is 12.1 Å².